The molecule has 0 unspecified atom stereocenters. The summed E-state index contributed by atoms with van der Waals surface area (Å²) >= 11 is 0. The highest BCUT2D eigenvalue weighted by Gasteiger charge is 2.04. The number of benzene rings is 2. The van der Waals surface area contributed by atoms with E-state index in [0.29, 0.717) is 23.6 Å². The number of para-hydroxylation sites is 1. The second-order valence-electron chi connectivity index (χ2n) is 4.74. The van der Waals surface area contributed by atoms with Gasteiger partial charge in [0.15, 0.2) is 5.96 Å². The highest BCUT2D eigenvalue weighted by molar-refractivity contribution is 5.92. The third-order valence-electron chi connectivity index (χ3n) is 2.97. The number of guanidine groups is 1. The van der Waals surface area contributed by atoms with Crippen LogP contribution in [0.2, 0.25) is 0 Å². The van der Waals surface area contributed by atoms with Crippen molar-refractivity contribution < 1.29 is 4.39 Å². The van der Waals surface area contributed by atoms with Crippen LogP contribution < -0.4 is 11.1 Å². The van der Waals surface area contributed by atoms with Gasteiger partial charge < -0.3 is 11.1 Å². The fourth-order valence-electron chi connectivity index (χ4n) is 2.01. The van der Waals surface area contributed by atoms with Crippen molar-refractivity contribution in [2.24, 2.45) is 10.7 Å². The Labute approximate surface area is 118 Å². The summed E-state index contributed by atoms with van der Waals surface area (Å²) in [4.78, 5) is 4.26. The van der Waals surface area contributed by atoms with Crippen molar-refractivity contribution in [3.63, 3.8) is 0 Å². The summed E-state index contributed by atoms with van der Waals surface area (Å²) in [6.45, 7) is 3.93. The van der Waals surface area contributed by atoms with E-state index in [9.17, 15) is 4.39 Å². The van der Waals surface area contributed by atoms with Gasteiger partial charge in [0.25, 0.3) is 0 Å². The molecule has 0 aliphatic heterocycles. The summed E-state index contributed by atoms with van der Waals surface area (Å²) < 4.78 is 13.5. The summed E-state index contributed by atoms with van der Waals surface area (Å²) in [6, 6.07) is 13.2. The average molecular weight is 271 g/mol. The van der Waals surface area contributed by atoms with E-state index < -0.39 is 0 Å². The van der Waals surface area contributed by atoms with E-state index in [1.807, 2.05) is 30.3 Å². The second kappa shape index (κ2) is 6.19. The van der Waals surface area contributed by atoms with Gasteiger partial charge in [0.05, 0.1) is 6.54 Å². The lowest BCUT2D eigenvalue weighted by Crippen LogP contribution is -2.22. The van der Waals surface area contributed by atoms with Crippen molar-refractivity contribution in [3.05, 3.63) is 65.0 Å². The molecule has 0 saturated heterocycles. The zero-order chi connectivity index (χ0) is 14.5. The molecule has 4 heteroatoms. The fourth-order valence-corrected chi connectivity index (χ4v) is 2.01. The van der Waals surface area contributed by atoms with E-state index >= 15 is 0 Å². The van der Waals surface area contributed by atoms with Gasteiger partial charge in [-0.2, -0.15) is 0 Å². The van der Waals surface area contributed by atoms with Gasteiger partial charge in [-0.1, -0.05) is 30.3 Å². The Morgan fingerprint density at radius 1 is 1.15 bits per heavy atom. The van der Waals surface area contributed by atoms with Gasteiger partial charge in [-0.3, -0.25) is 0 Å². The van der Waals surface area contributed by atoms with Crippen molar-refractivity contribution in [2.75, 3.05) is 5.32 Å². The van der Waals surface area contributed by atoms with Gasteiger partial charge in [-0.05, 0) is 42.7 Å². The fraction of sp³-hybridized carbons (Fsp3) is 0.188. The molecule has 0 spiro atoms. The molecule has 3 N–H and O–H groups in total. The maximum absolute atomic E-state index is 13.5. The van der Waals surface area contributed by atoms with Gasteiger partial charge >= 0.3 is 0 Å². The summed E-state index contributed by atoms with van der Waals surface area (Å²) in [5.74, 6) is 0.184. The summed E-state index contributed by atoms with van der Waals surface area (Å²) in [7, 11) is 0. The third-order valence-corrected chi connectivity index (χ3v) is 2.97. The molecule has 2 aromatic rings. The van der Waals surface area contributed by atoms with Crippen LogP contribution in [0.4, 0.5) is 10.1 Å². The molecule has 0 amide bonds. The number of nitrogens with zero attached hydrogens (tertiary/aromatic N) is 1. The molecule has 0 aliphatic carbocycles. The second-order valence-corrected chi connectivity index (χ2v) is 4.74. The molecular formula is C16H18FN3. The zero-order valence-electron chi connectivity index (χ0n) is 11.7. The highest BCUT2D eigenvalue weighted by Crippen LogP contribution is 2.15. The first-order valence-corrected chi connectivity index (χ1v) is 6.44. The number of halogens is 1. The molecule has 2 aromatic carbocycles. The SMILES string of the molecule is Cc1cc(CN=C(N)Nc2ccccc2)cc(C)c1F. The number of anilines is 1. The minimum atomic E-state index is -0.159. The lowest BCUT2D eigenvalue weighted by atomic mass is 10.1. The van der Waals surface area contributed by atoms with Crippen molar-refractivity contribution in [3.8, 4) is 0 Å². The number of aliphatic imine (C=N–C) groups is 1. The summed E-state index contributed by atoms with van der Waals surface area (Å²) in [5, 5.41) is 3.01. The maximum Gasteiger partial charge on any atom is 0.193 e. The third kappa shape index (κ3) is 3.57. The van der Waals surface area contributed by atoms with E-state index in [1.54, 1.807) is 26.0 Å². The molecule has 0 atom stereocenters. The minimum absolute atomic E-state index is 0.159. The Balaban J connectivity index is 2.05. The molecule has 20 heavy (non-hydrogen) atoms. The number of nitrogens with one attached hydrogen (secondary N) is 1. The van der Waals surface area contributed by atoms with Crippen LogP contribution in [0.1, 0.15) is 16.7 Å². The Kier molecular flexibility index (Phi) is 4.35. The average Bonchev–Trinajstić information content (AvgIpc) is 2.43. The summed E-state index contributed by atoms with van der Waals surface area (Å²) in [6.07, 6.45) is 0. The first-order chi connectivity index (χ1) is 9.56. The van der Waals surface area contributed by atoms with Crippen LogP contribution in [0.25, 0.3) is 0 Å². The highest BCUT2D eigenvalue weighted by atomic mass is 19.1. The van der Waals surface area contributed by atoms with Crippen molar-refractivity contribution >= 4 is 11.6 Å². The predicted octanol–water partition coefficient (Wildman–Crippen LogP) is 3.37. The van der Waals surface area contributed by atoms with Crippen LogP contribution in [0.5, 0.6) is 0 Å². The largest absolute Gasteiger partial charge is 0.370 e. The molecule has 0 heterocycles. The predicted molar refractivity (Wildman–Crippen MR) is 81.3 cm³/mol. The van der Waals surface area contributed by atoms with Crippen LogP contribution in [0, 0.1) is 19.7 Å². The van der Waals surface area contributed by atoms with Crippen LogP contribution in [-0.2, 0) is 6.54 Å². The van der Waals surface area contributed by atoms with Gasteiger partial charge in [0.1, 0.15) is 5.82 Å². The van der Waals surface area contributed by atoms with E-state index in [0.717, 1.165) is 11.3 Å². The zero-order valence-corrected chi connectivity index (χ0v) is 11.7. The topological polar surface area (TPSA) is 50.4 Å². The molecular weight excluding hydrogens is 253 g/mol. The lowest BCUT2D eigenvalue weighted by Gasteiger charge is -2.07. The molecule has 0 fully saturated rings. The van der Waals surface area contributed by atoms with Gasteiger partial charge in [-0.15, -0.1) is 0 Å². The Morgan fingerprint density at radius 3 is 2.35 bits per heavy atom. The molecule has 104 valence electrons. The molecule has 0 aromatic heterocycles. The first-order valence-electron chi connectivity index (χ1n) is 6.44. The molecule has 0 radical (unpaired) electrons. The van der Waals surface area contributed by atoms with Gasteiger partial charge in [0.2, 0.25) is 0 Å². The molecule has 0 saturated carbocycles. The lowest BCUT2D eigenvalue weighted by molar-refractivity contribution is 0.608. The van der Waals surface area contributed by atoms with Crippen molar-refractivity contribution in [2.45, 2.75) is 20.4 Å². The van der Waals surface area contributed by atoms with E-state index in [4.69, 9.17) is 5.73 Å². The number of hydrogen-bond acceptors (Lipinski definition) is 1. The quantitative estimate of drug-likeness (QED) is 0.664. The van der Waals surface area contributed by atoms with Crippen molar-refractivity contribution in [1.82, 2.24) is 0 Å². The van der Waals surface area contributed by atoms with E-state index in [-0.39, 0.29) is 5.82 Å². The van der Waals surface area contributed by atoms with Crippen LogP contribution in [0.15, 0.2) is 47.5 Å². The molecule has 2 rings (SSSR count). The van der Waals surface area contributed by atoms with Gasteiger partial charge in [0, 0.05) is 5.69 Å². The van der Waals surface area contributed by atoms with E-state index in [1.165, 1.54) is 0 Å². The monoisotopic (exact) mass is 271 g/mol. The Morgan fingerprint density at radius 2 is 1.75 bits per heavy atom. The minimum Gasteiger partial charge on any atom is -0.370 e. The number of nitrogens with two attached hydrogens (primary N) is 1. The van der Waals surface area contributed by atoms with E-state index in [2.05, 4.69) is 10.3 Å². The standard InChI is InChI=1S/C16H18FN3/c1-11-8-13(9-12(2)15(11)17)10-19-16(18)20-14-6-4-3-5-7-14/h3-9H,10H2,1-2H3,(H3,18,19,20). The van der Waals surface area contributed by atoms with Crippen LogP contribution in [0.3, 0.4) is 0 Å². The normalized spacial score (nSPS) is 11.4. The Bertz CT molecular complexity index is 598. The number of rotatable bonds is 3. The molecule has 3 nitrogen and oxygen atoms in total. The smallest absolute Gasteiger partial charge is 0.193 e. The molecule has 0 bridgehead atoms. The number of hydrogen-bond donors (Lipinski definition) is 2. The summed E-state index contributed by atoms with van der Waals surface area (Å²) in [5.41, 5.74) is 8.92. The van der Waals surface area contributed by atoms with Crippen LogP contribution in [-0.4, -0.2) is 5.96 Å². The van der Waals surface area contributed by atoms with Gasteiger partial charge in [-0.25, -0.2) is 9.38 Å². The first kappa shape index (κ1) is 14.1. The molecule has 0 aliphatic rings. The Hall–Kier alpha value is -2.36. The van der Waals surface area contributed by atoms with Crippen molar-refractivity contribution in [1.29, 1.82) is 0 Å². The maximum atomic E-state index is 13.5. The van der Waals surface area contributed by atoms with Crippen LogP contribution >= 0.6 is 0 Å². The number of aryl methyl sites for hydroxylation is 2.